The van der Waals surface area contributed by atoms with E-state index in [1.165, 1.54) is 24.3 Å². The normalized spacial score (nSPS) is 12.9. The van der Waals surface area contributed by atoms with Crippen molar-refractivity contribution in [1.29, 1.82) is 0 Å². The van der Waals surface area contributed by atoms with Crippen molar-refractivity contribution >= 4 is 23.5 Å². The van der Waals surface area contributed by atoms with Crippen LogP contribution >= 0.6 is 0 Å². The van der Waals surface area contributed by atoms with Crippen LogP contribution in [0.5, 0.6) is 0 Å². The molecule has 1 amide bonds. The van der Waals surface area contributed by atoms with Gasteiger partial charge in [-0.05, 0) is 12.5 Å². The van der Waals surface area contributed by atoms with Crippen molar-refractivity contribution in [3.8, 4) is 0 Å². The van der Waals surface area contributed by atoms with Crippen LogP contribution in [0.15, 0.2) is 24.3 Å². The van der Waals surface area contributed by atoms with Gasteiger partial charge in [-0.25, -0.2) is 4.79 Å². The predicted molar refractivity (Wildman–Crippen MR) is 91.5 cm³/mol. The van der Waals surface area contributed by atoms with E-state index >= 15 is 0 Å². The topological polar surface area (TPSA) is 136 Å². The maximum absolute atomic E-state index is 12.0. The third-order valence-electron chi connectivity index (χ3n) is 3.71. The van der Waals surface area contributed by atoms with Crippen LogP contribution < -0.4 is 5.32 Å². The molecule has 9 nitrogen and oxygen atoms in total. The van der Waals surface area contributed by atoms with E-state index in [1.54, 1.807) is 20.8 Å². The van der Waals surface area contributed by atoms with E-state index in [0.29, 0.717) is 5.56 Å². The van der Waals surface area contributed by atoms with Gasteiger partial charge in [0.2, 0.25) is 5.91 Å². The highest BCUT2D eigenvalue weighted by Gasteiger charge is 2.33. The SMILES string of the molecule is CCOC(=O)C[C@@H](c1ccc([N+](=O)[O-])cc1)[C@H](NC(=O)C(C)C)C(=O)O. The number of aliphatic carboxylic acids is 1. The molecule has 1 rings (SSSR count). The van der Waals surface area contributed by atoms with E-state index in [-0.39, 0.29) is 18.7 Å². The highest BCUT2D eigenvalue weighted by Crippen LogP contribution is 2.27. The minimum absolute atomic E-state index is 0.127. The van der Waals surface area contributed by atoms with Crippen LogP contribution in [-0.2, 0) is 19.1 Å². The highest BCUT2D eigenvalue weighted by molar-refractivity contribution is 5.86. The summed E-state index contributed by atoms with van der Waals surface area (Å²) in [5, 5.41) is 22.8. The Morgan fingerprint density at radius 3 is 2.23 bits per heavy atom. The van der Waals surface area contributed by atoms with Gasteiger partial charge in [0.25, 0.3) is 5.69 Å². The van der Waals surface area contributed by atoms with Gasteiger partial charge in [-0.2, -0.15) is 0 Å². The Bertz CT molecular complexity index is 670. The fraction of sp³-hybridized carbons (Fsp3) is 0.471. The molecule has 26 heavy (non-hydrogen) atoms. The zero-order valence-corrected chi connectivity index (χ0v) is 14.8. The van der Waals surface area contributed by atoms with Crippen LogP contribution in [0.2, 0.25) is 0 Å². The molecule has 0 aromatic heterocycles. The van der Waals surface area contributed by atoms with Crippen molar-refractivity contribution in [2.24, 2.45) is 5.92 Å². The molecular formula is C17H22N2O7. The molecule has 1 aromatic carbocycles. The molecule has 0 unspecified atom stereocenters. The molecule has 0 fully saturated rings. The number of carbonyl (C=O) groups is 3. The van der Waals surface area contributed by atoms with Gasteiger partial charge < -0.3 is 15.2 Å². The number of rotatable bonds is 9. The molecule has 0 heterocycles. The average Bonchev–Trinajstić information content (AvgIpc) is 2.57. The molecule has 142 valence electrons. The number of non-ortho nitro benzene ring substituents is 1. The summed E-state index contributed by atoms with van der Waals surface area (Å²) in [6.07, 6.45) is -0.291. The van der Waals surface area contributed by atoms with Crippen LogP contribution in [0.4, 0.5) is 5.69 Å². The Morgan fingerprint density at radius 2 is 1.81 bits per heavy atom. The van der Waals surface area contributed by atoms with E-state index < -0.39 is 40.6 Å². The number of benzene rings is 1. The smallest absolute Gasteiger partial charge is 0.326 e. The number of carboxylic acid groups (broad SMARTS) is 1. The largest absolute Gasteiger partial charge is 0.480 e. The van der Waals surface area contributed by atoms with Crippen LogP contribution in [-0.4, -0.2) is 40.5 Å². The maximum Gasteiger partial charge on any atom is 0.326 e. The molecule has 2 atom stereocenters. The summed E-state index contributed by atoms with van der Waals surface area (Å²) in [5.74, 6) is -3.80. The average molecular weight is 366 g/mol. The lowest BCUT2D eigenvalue weighted by molar-refractivity contribution is -0.384. The number of amides is 1. The van der Waals surface area contributed by atoms with Gasteiger partial charge in [-0.3, -0.25) is 19.7 Å². The number of nitro benzene ring substituents is 1. The third-order valence-corrected chi connectivity index (χ3v) is 3.71. The van der Waals surface area contributed by atoms with Gasteiger partial charge in [0.15, 0.2) is 0 Å². The van der Waals surface area contributed by atoms with E-state index in [0.717, 1.165) is 0 Å². The third kappa shape index (κ3) is 5.83. The molecule has 0 bridgehead atoms. The second-order valence-corrected chi connectivity index (χ2v) is 5.94. The lowest BCUT2D eigenvalue weighted by Gasteiger charge is -2.25. The molecule has 0 aliphatic carbocycles. The summed E-state index contributed by atoms with van der Waals surface area (Å²) in [6, 6.07) is 3.81. The van der Waals surface area contributed by atoms with E-state index in [2.05, 4.69) is 5.32 Å². The van der Waals surface area contributed by atoms with Gasteiger partial charge in [-0.1, -0.05) is 26.0 Å². The summed E-state index contributed by atoms with van der Waals surface area (Å²) < 4.78 is 4.89. The predicted octanol–water partition coefficient (Wildman–Crippen LogP) is 1.86. The highest BCUT2D eigenvalue weighted by atomic mass is 16.6. The summed E-state index contributed by atoms with van der Waals surface area (Å²) >= 11 is 0. The number of ether oxygens (including phenoxy) is 1. The Kier molecular flexibility index (Phi) is 7.70. The number of nitrogens with one attached hydrogen (secondary N) is 1. The first-order valence-electron chi connectivity index (χ1n) is 8.10. The quantitative estimate of drug-likeness (QED) is 0.387. The molecule has 9 heteroatoms. The Labute approximate surface area is 150 Å². The summed E-state index contributed by atoms with van der Waals surface area (Å²) in [7, 11) is 0. The second kappa shape index (κ2) is 9.50. The van der Waals surface area contributed by atoms with Crippen molar-refractivity contribution in [2.75, 3.05) is 6.61 Å². The first kappa shape index (κ1) is 21.1. The van der Waals surface area contributed by atoms with Crippen LogP contribution in [0, 0.1) is 16.0 Å². The van der Waals surface area contributed by atoms with E-state index in [1.807, 2.05) is 0 Å². The van der Waals surface area contributed by atoms with Crippen molar-refractivity contribution in [1.82, 2.24) is 5.32 Å². The van der Waals surface area contributed by atoms with E-state index in [9.17, 15) is 29.6 Å². The lowest BCUT2D eigenvalue weighted by atomic mass is 9.88. The number of hydrogen-bond donors (Lipinski definition) is 2. The molecule has 0 spiro atoms. The monoisotopic (exact) mass is 366 g/mol. The zero-order valence-electron chi connectivity index (χ0n) is 14.8. The van der Waals surface area contributed by atoms with Gasteiger partial charge in [-0.15, -0.1) is 0 Å². The molecular weight excluding hydrogens is 344 g/mol. The Hall–Kier alpha value is -2.97. The van der Waals surface area contributed by atoms with Crippen LogP contribution in [0.3, 0.4) is 0 Å². The number of nitro groups is 1. The fourth-order valence-corrected chi connectivity index (χ4v) is 2.33. The Morgan fingerprint density at radius 1 is 1.23 bits per heavy atom. The number of hydrogen-bond acceptors (Lipinski definition) is 6. The number of carbonyl (C=O) groups excluding carboxylic acids is 2. The molecule has 0 aliphatic heterocycles. The minimum Gasteiger partial charge on any atom is -0.480 e. The first-order valence-corrected chi connectivity index (χ1v) is 8.10. The maximum atomic E-state index is 12.0. The van der Waals surface area contributed by atoms with Crippen molar-refractivity contribution in [2.45, 2.75) is 39.2 Å². The number of esters is 1. The summed E-state index contributed by atoms with van der Waals surface area (Å²) in [5.41, 5.74) is 0.210. The van der Waals surface area contributed by atoms with Crippen LogP contribution in [0.1, 0.15) is 38.7 Å². The standard InChI is InChI=1S/C17H22N2O7/c1-4-26-14(20)9-13(11-5-7-12(8-6-11)19(24)25)15(17(22)23)18-16(21)10(2)3/h5-8,10,13,15H,4,9H2,1-3H3,(H,18,21)(H,22,23)/t13-,15-/m0/s1. The molecule has 0 radical (unpaired) electrons. The van der Waals surface area contributed by atoms with Crippen LogP contribution in [0.25, 0.3) is 0 Å². The first-order chi connectivity index (χ1) is 12.2. The van der Waals surface area contributed by atoms with Crippen molar-refractivity contribution in [3.05, 3.63) is 39.9 Å². The number of carboxylic acids is 1. The van der Waals surface area contributed by atoms with Gasteiger partial charge in [0, 0.05) is 24.0 Å². The second-order valence-electron chi connectivity index (χ2n) is 5.94. The molecule has 0 aliphatic rings. The van der Waals surface area contributed by atoms with Crippen molar-refractivity contribution < 1.29 is 29.2 Å². The van der Waals surface area contributed by atoms with Crippen molar-refractivity contribution in [3.63, 3.8) is 0 Å². The minimum atomic E-state index is -1.38. The molecule has 0 saturated heterocycles. The Balaban J connectivity index is 3.23. The van der Waals surface area contributed by atoms with Gasteiger partial charge in [0.1, 0.15) is 6.04 Å². The number of nitrogens with zero attached hydrogens (tertiary/aromatic N) is 1. The summed E-state index contributed by atoms with van der Waals surface area (Å²) in [4.78, 5) is 45.8. The molecule has 1 aromatic rings. The van der Waals surface area contributed by atoms with E-state index in [4.69, 9.17) is 4.74 Å². The van der Waals surface area contributed by atoms with Gasteiger partial charge in [0.05, 0.1) is 18.0 Å². The molecule has 0 saturated carbocycles. The lowest BCUT2D eigenvalue weighted by Crippen LogP contribution is -2.47. The molecule has 2 N–H and O–H groups in total. The zero-order chi connectivity index (χ0) is 19.9. The summed E-state index contributed by atoms with van der Waals surface area (Å²) in [6.45, 7) is 4.97. The fourth-order valence-electron chi connectivity index (χ4n) is 2.33. The van der Waals surface area contributed by atoms with Gasteiger partial charge >= 0.3 is 11.9 Å².